The van der Waals surface area contributed by atoms with Crippen LogP contribution in [-0.2, 0) is 4.79 Å². The van der Waals surface area contributed by atoms with Gasteiger partial charge < -0.3 is 5.32 Å². The van der Waals surface area contributed by atoms with Gasteiger partial charge in [0.05, 0.1) is 0 Å². The first-order chi connectivity index (χ1) is 5.76. The van der Waals surface area contributed by atoms with Crippen LogP contribution in [0, 0.1) is 0 Å². The van der Waals surface area contributed by atoms with Crippen LogP contribution >= 0.6 is 0 Å². The van der Waals surface area contributed by atoms with E-state index in [0.29, 0.717) is 6.54 Å². The summed E-state index contributed by atoms with van der Waals surface area (Å²) < 4.78 is 0. The number of carbonyl (C=O) groups excluding carboxylic acids is 1. The number of allylic oxidation sites excluding steroid dienone is 1. The quantitative estimate of drug-likeness (QED) is 0.492. The number of hydrogen-bond donors (Lipinski definition) is 1. The molecule has 0 aliphatic rings. The molecule has 0 spiro atoms. The first-order valence-electron chi connectivity index (χ1n) is 4.34. The van der Waals surface area contributed by atoms with Crippen LogP contribution in [0.25, 0.3) is 0 Å². The fourth-order valence-electron chi connectivity index (χ4n) is 0.922. The molecule has 0 saturated heterocycles. The molecule has 0 atom stereocenters. The van der Waals surface area contributed by atoms with Crippen LogP contribution in [-0.4, -0.2) is 12.5 Å². The van der Waals surface area contributed by atoms with Gasteiger partial charge in [-0.1, -0.05) is 26.0 Å². The maximum atomic E-state index is 11.3. The topological polar surface area (TPSA) is 29.1 Å². The summed E-state index contributed by atoms with van der Waals surface area (Å²) in [4.78, 5) is 11.3. The number of hydrogen-bond acceptors (Lipinski definition) is 1. The zero-order valence-corrected chi connectivity index (χ0v) is 7.89. The summed E-state index contributed by atoms with van der Waals surface area (Å²) in [5.74, 6) is 0.0271. The van der Waals surface area contributed by atoms with E-state index in [4.69, 9.17) is 0 Å². The van der Waals surface area contributed by atoms with E-state index < -0.39 is 0 Å². The first kappa shape index (κ1) is 11.0. The molecule has 12 heavy (non-hydrogen) atoms. The van der Waals surface area contributed by atoms with Gasteiger partial charge in [-0.25, -0.2) is 0 Å². The molecule has 0 bridgehead atoms. The molecule has 0 fully saturated rings. The van der Waals surface area contributed by atoms with Crippen molar-refractivity contribution in [2.75, 3.05) is 6.54 Å². The lowest BCUT2D eigenvalue weighted by Crippen LogP contribution is -2.24. The first-order valence-corrected chi connectivity index (χ1v) is 4.34. The highest BCUT2D eigenvalue weighted by Crippen LogP contribution is 2.01. The Kier molecular flexibility index (Phi) is 6.07. The van der Waals surface area contributed by atoms with E-state index in [9.17, 15) is 4.79 Å². The number of nitrogens with one attached hydrogen (secondary N) is 1. The van der Waals surface area contributed by atoms with Gasteiger partial charge in [0, 0.05) is 12.1 Å². The SMILES string of the molecule is C=CCNC(=O)/C(=C\CC)CC. The van der Waals surface area contributed by atoms with Crippen molar-refractivity contribution >= 4 is 5.91 Å². The Morgan fingerprint density at radius 1 is 1.50 bits per heavy atom. The fourth-order valence-corrected chi connectivity index (χ4v) is 0.922. The fraction of sp³-hybridized carbons (Fsp3) is 0.500. The Hall–Kier alpha value is -1.05. The summed E-state index contributed by atoms with van der Waals surface area (Å²) in [6.07, 6.45) is 5.33. The van der Waals surface area contributed by atoms with E-state index in [2.05, 4.69) is 11.9 Å². The highest BCUT2D eigenvalue weighted by molar-refractivity contribution is 5.93. The highest BCUT2D eigenvalue weighted by Gasteiger charge is 2.03. The van der Waals surface area contributed by atoms with E-state index in [1.54, 1.807) is 6.08 Å². The van der Waals surface area contributed by atoms with Crippen molar-refractivity contribution < 1.29 is 4.79 Å². The van der Waals surface area contributed by atoms with Crippen molar-refractivity contribution in [2.24, 2.45) is 0 Å². The molecule has 0 heterocycles. The molecule has 0 saturated carbocycles. The Labute approximate surface area is 74.4 Å². The average Bonchev–Trinajstić information content (AvgIpc) is 2.10. The van der Waals surface area contributed by atoms with Crippen molar-refractivity contribution in [3.05, 3.63) is 24.3 Å². The summed E-state index contributed by atoms with van der Waals surface area (Å²) in [6.45, 7) is 8.08. The van der Waals surface area contributed by atoms with Crippen LogP contribution in [0.3, 0.4) is 0 Å². The Balaban J connectivity index is 4.03. The van der Waals surface area contributed by atoms with Crippen molar-refractivity contribution in [3.63, 3.8) is 0 Å². The van der Waals surface area contributed by atoms with E-state index >= 15 is 0 Å². The lowest BCUT2D eigenvalue weighted by Gasteiger charge is -2.03. The monoisotopic (exact) mass is 167 g/mol. The molecule has 2 heteroatoms. The van der Waals surface area contributed by atoms with Crippen LogP contribution in [0.2, 0.25) is 0 Å². The third-order valence-electron chi connectivity index (χ3n) is 1.53. The van der Waals surface area contributed by atoms with Gasteiger partial charge in [-0.15, -0.1) is 6.58 Å². The molecule has 0 radical (unpaired) electrons. The van der Waals surface area contributed by atoms with Crippen LogP contribution in [0.5, 0.6) is 0 Å². The second-order valence-corrected chi connectivity index (χ2v) is 2.49. The molecule has 1 amide bonds. The minimum absolute atomic E-state index is 0.0271. The molecule has 0 aromatic carbocycles. The Morgan fingerprint density at radius 3 is 2.58 bits per heavy atom. The molecule has 1 N–H and O–H groups in total. The third kappa shape index (κ3) is 3.96. The Morgan fingerprint density at radius 2 is 2.17 bits per heavy atom. The average molecular weight is 167 g/mol. The molecule has 0 aliphatic carbocycles. The van der Waals surface area contributed by atoms with Crippen molar-refractivity contribution in [1.82, 2.24) is 5.32 Å². The molecule has 0 rings (SSSR count). The maximum Gasteiger partial charge on any atom is 0.247 e. The summed E-state index contributed by atoms with van der Waals surface area (Å²) in [7, 11) is 0. The zero-order chi connectivity index (χ0) is 9.40. The lowest BCUT2D eigenvalue weighted by atomic mass is 10.1. The van der Waals surface area contributed by atoms with E-state index in [1.807, 2.05) is 19.9 Å². The van der Waals surface area contributed by atoms with Crippen LogP contribution in [0.1, 0.15) is 26.7 Å². The van der Waals surface area contributed by atoms with Crippen LogP contribution in [0.4, 0.5) is 0 Å². The van der Waals surface area contributed by atoms with E-state index in [1.165, 1.54) is 0 Å². The second-order valence-electron chi connectivity index (χ2n) is 2.49. The van der Waals surface area contributed by atoms with Gasteiger partial charge in [-0.3, -0.25) is 4.79 Å². The summed E-state index contributed by atoms with van der Waals surface area (Å²) in [5, 5.41) is 2.74. The molecular weight excluding hydrogens is 150 g/mol. The predicted molar refractivity (Wildman–Crippen MR) is 51.9 cm³/mol. The maximum absolute atomic E-state index is 11.3. The molecule has 0 aromatic rings. The van der Waals surface area contributed by atoms with Crippen molar-refractivity contribution in [2.45, 2.75) is 26.7 Å². The van der Waals surface area contributed by atoms with Gasteiger partial charge in [0.1, 0.15) is 0 Å². The van der Waals surface area contributed by atoms with Crippen molar-refractivity contribution in [1.29, 1.82) is 0 Å². The van der Waals surface area contributed by atoms with Gasteiger partial charge in [-0.2, -0.15) is 0 Å². The molecule has 0 aromatic heterocycles. The minimum Gasteiger partial charge on any atom is -0.349 e. The van der Waals surface area contributed by atoms with Crippen LogP contribution in [0.15, 0.2) is 24.3 Å². The van der Waals surface area contributed by atoms with Crippen LogP contribution < -0.4 is 5.32 Å². The summed E-state index contributed by atoms with van der Waals surface area (Å²) >= 11 is 0. The Bertz CT molecular complexity index is 182. The number of rotatable bonds is 5. The zero-order valence-electron chi connectivity index (χ0n) is 7.89. The second kappa shape index (κ2) is 6.65. The smallest absolute Gasteiger partial charge is 0.247 e. The number of amides is 1. The van der Waals surface area contributed by atoms with E-state index in [-0.39, 0.29) is 5.91 Å². The third-order valence-corrected chi connectivity index (χ3v) is 1.53. The van der Waals surface area contributed by atoms with E-state index in [0.717, 1.165) is 18.4 Å². The molecule has 68 valence electrons. The van der Waals surface area contributed by atoms with Gasteiger partial charge in [0.15, 0.2) is 0 Å². The largest absolute Gasteiger partial charge is 0.349 e. The highest BCUT2D eigenvalue weighted by atomic mass is 16.1. The normalized spacial score (nSPS) is 11.0. The molecule has 0 unspecified atom stereocenters. The van der Waals surface area contributed by atoms with Crippen molar-refractivity contribution in [3.8, 4) is 0 Å². The van der Waals surface area contributed by atoms with Gasteiger partial charge >= 0.3 is 0 Å². The standard InChI is InChI=1S/C10H17NO/c1-4-7-9(6-3)10(12)11-8-5-2/h5,7H,2,4,6,8H2,1,3H3,(H,11,12)/b9-7-. The molecule has 0 aliphatic heterocycles. The minimum atomic E-state index is 0.0271. The molecular formula is C10H17NO. The summed E-state index contributed by atoms with van der Waals surface area (Å²) in [5.41, 5.74) is 0.861. The number of carbonyl (C=O) groups is 1. The molecule has 2 nitrogen and oxygen atoms in total. The van der Waals surface area contributed by atoms with Gasteiger partial charge in [-0.05, 0) is 12.8 Å². The van der Waals surface area contributed by atoms with Gasteiger partial charge in [0.25, 0.3) is 0 Å². The van der Waals surface area contributed by atoms with Gasteiger partial charge in [0.2, 0.25) is 5.91 Å². The summed E-state index contributed by atoms with van der Waals surface area (Å²) in [6, 6.07) is 0. The lowest BCUT2D eigenvalue weighted by molar-refractivity contribution is -0.117. The predicted octanol–water partition coefficient (Wildman–Crippen LogP) is 2.04.